The Balaban J connectivity index is 1.67. The van der Waals surface area contributed by atoms with Crippen LogP contribution in [0, 0.1) is 0 Å². The summed E-state index contributed by atoms with van der Waals surface area (Å²) in [6.45, 7) is 10.1. The topological polar surface area (TPSA) is 73.8 Å². The number of piperidine rings is 1. The number of amides is 1. The minimum Gasteiger partial charge on any atom is -0.508 e. The molecule has 3 atom stereocenters. The Morgan fingerprint density at radius 3 is 2.81 bits per heavy atom. The highest BCUT2D eigenvalue weighted by Crippen LogP contribution is 2.45. The van der Waals surface area contributed by atoms with Crippen molar-refractivity contribution in [1.29, 1.82) is 0 Å². The normalized spacial score (nSPS) is 27.7. The van der Waals surface area contributed by atoms with Gasteiger partial charge in [0, 0.05) is 30.6 Å². The molecule has 1 aromatic carbocycles. The fraction of sp³-hybridized carbons (Fsp3) is 0.667. The number of phenolic OH excluding ortho intramolecular Hbond substituents is 1. The number of fused-ring (bicyclic) bond motifs is 4. The molecule has 2 bridgehead atoms. The van der Waals surface area contributed by atoms with Gasteiger partial charge in [-0.2, -0.15) is 0 Å². The Morgan fingerprint density at radius 2 is 2.11 bits per heavy atom. The zero-order valence-corrected chi connectivity index (χ0v) is 17.1. The average Bonchev–Trinajstić information content (AvgIpc) is 2.56. The summed E-state index contributed by atoms with van der Waals surface area (Å²) in [4.78, 5) is 14.3. The van der Waals surface area contributed by atoms with Gasteiger partial charge in [-0.25, -0.2) is 4.79 Å². The molecule has 1 fully saturated rings. The van der Waals surface area contributed by atoms with Gasteiger partial charge in [0.15, 0.2) is 0 Å². The van der Waals surface area contributed by atoms with E-state index in [1.807, 2.05) is 26.8 Å². The third kappa shape index (κ3) is 4.22. The maximum atomic E-state index is 11.8. The van der Waals surface area contributed by atoms with E-state index in [0.717, 1.165) is 19.4 Å². The first-order valence-corrected chi connectivity index (χ1v) is 9.83. The molecule has 6 nitrogen and oxygen atoms in total. The van der Waals surface area contributed by atoms with E-state index in [1.165, 1.54) is 11.1 Å². The van der Waals surface area contributed by atoms with Crippen LogP contribution in [-0.2, 0) is 16.6 Å². The van der Waals surface area contributed by atoms with Gasteiger partial charge in [-0.15, -0.1) is 0 Å². The van der Waals surface area contributed by atoms with Crippen molar-refractivity contribution in [3.05, 3.63) is 29.3 Å². The number of nitrogens with zero attached hydrogens (tertiary/aromatic N) is 1. The van der Waals surface area contributed by atoms with Crippen LogP contribution in [0.2, 0.25) is 0 Å². The molecule has 3 rings (SSSR count). The monoisotopic (exact) mass is 375 g/mol. The van der Waals surface area contributed by atoms with E-state index in [-0.39, 0.29) is 17.6 Å². The zero-order valence-electron chi connectivity index (χ0n) is 17.1. The first-order valence-electron chi connectivity index (χ1n) is 9.83. The molecule has 1 heterocycles. The van der Waals surface area contributed by atoms with E-state index in [2.05, 4.69) is 35.6 Å². The summed E-state index contributed by atoms with van der Waals surface area (Å²) in [6.07, 6.45) is 1.62. The molecule has 0 spiro atoms. The molecule has 0 radical (unpaired) electrons. The second kappa shape index (κ2) is 7.32. The van der Waals surface area contributed by atoms with E-state index in [0.29, 0.717) is 24.9 Å². The predicted molar refractivity (Wildman–Crippen MR) is 106 cm³/mol. The van der Waals surface area contributed by atoms with Crippen LogP contribution in [0.1, 0.15) is 45.2 Å². The molecule has 1 amide bonds. The van der Waals surface area contributed by atoms with Crippen LogP contribution in [0.4, 0.5) is 4.79 Å². The highest BCUT2D eigenvalue weighted by molar-refractivity contribution is 5.67. The Kier molecular flexibility index (Phi) is 5.41. The van der Waals surface area contributed by atoms with Crippen molar-refractivity contribution in [2.24, 2.45) is 0 Å². The Hall–Kier alpha value is -1.79. The third-order valence-electron chi connectivity index (χ3n) is 5.92. The van der Waals surface area contributed by atoms with Gasteiger partial charge in [0.1, 0.15) is 11.4 Å². The van der Waals surface area contributed by atoms with Crippen molar-refractivity contribution in [2.45, 2.75) is 63.6 Å². The summed E-state index contributed by atoms with van der Waals surface area (Å²) < 4.78 is 5.29. The van der Waals surface area contributed by atoms with Gasteiger partial charge in [-0.3, -0.25) is 0 Å². The Bertz CT molecular complexity index is 700. The number of likely N-dealkylation sites (N-methyl/N-ethyl adjacent to an activating group) is 1. The number of likely N-dealkylation sites (tertiary alicyclic amines) is 1. The van der Waals surface area contributed by atoms with Crippen molar-refractivity contribution in [2.75, 3.05) is 26.7 Å². The fourth-order valence-corrected chi connectivity index (χ4v) is 4.55. The highest BCUT2D eigenvalue weighted by atomic mass is 16.6. The number of nitrogens with one attached hydrogen (secondary N) is 2. The van der Waals surface area contributed by atoms with E-state index in [9.17, 15) is 9.90 Å². The number of hydrogen-bond acceptors (Lipinski definition) is 5. The van der Waals surface area contributed by atoms with Gasteiger partial charge in [0.25, 0.3) is 0 Å². The van der Waals surface area contributed by atoms with Crippen LogP contribution in [-0.4, -0.2) is 60.5 Å². The van der Waals surface area contributed by atoms with Crippen molar-refractivity contribution in [3.63, 3.8) is 0 Å². The second-order valence-corrected chi connectivity index (χ2v) is 9.12. The lowest BCUT2D eigenvalue weighted by atomic mass is 9.61. The van der Waals surface area contributed by atoms with E-state index < -0.39 is 5.60 Å². The molecule has 6 heteroatoms. The van der Waals surface area contributed by atoms with Crippen molar-refractivity contribution >= 4 is 6.09 Å². The van der Waals surface area contributed by atoms with E-state index >= 15 is 0 Å². The minimum absolute atomic E-state index is 0.0323. The van der Waals surface area contributed by atoms with Crippen molar-refractivity contribution < 1.29 is 14.6 Å². The quantitative estimate of drug-likeness (QED) is 0.705. The largest absolute Gasteiger partial charge is 0.508 e. The summed E-state index contributed by atoms with van der Waals surface area (Å²) in [7, 11) is 2.18. The van der Waals surface area contributed by atoms with Crippen molar-refractivity contribution in [1.82, 2.24) is 15.5 Å². The number of alkyl carbamates (subject to hydrolysis) is 1. The fourth-order valence-electron chi connectivity index (χ4n) is 4.55. The van der Waals surface area contributed by atoms with Gasteiger partial charge in [0.2, 0.25) is 0 Å². The molecular formula is C21H33N3O3. The molecule has 3 N–H and O–H groups in total. The lowest BCUT2D eigenvalue weighted by Gasteiger charge is -2.55. The molecule has 150 valence electrons. The Labute approximate surface area is 162 Å². The molecule has 0 saturated carbocycles. The number of ether oxygens (including phenoxy) is 1. The van der Waals surface area contributed by atoms with E-state index in [4.69, 9.17) is 4.74 Å². The molecule has 1 saturated heterocycles. The van der Waals surface area contributed by atoms with Crippen LogP contribution in [0.5, 0.6) is 5.75 Å². The van der Waals surface area contributed by atoms with Crippen LogP contribution in [0.25, 0.3) is 0 Å². The first-order chi connectivity index (χ1) is 12.6. The average molecular weight is 376 g/mol. The van der Waals surface area contributed by atoms with Crippen LogP contribution < -0.4 is 10.6 Å². The molecule has 1 aliphatic heterocycles. The van der Waals surface area contributed by atoms with Crippen LogP contribution in [0.3, 0.4) is 0 Å². The van der Waals surface area contributed by atoms with Gasteiger partial charge in [-0.05, 0) is 70.5 Å². The number of rotatable bonds is 4. The Morgan fingerprint density at radius 1 is 1.37 bits per heavy atom. The molecule has 0 unspecified atom stereocenters. The zero-order chi connectivity index (χ0) is 19.8. The molecule has 0 aromatic heterocycles. The van der Waals surface area contributed by atoms with Gasteiger partial charge >= 0.3 is 6.09 Å². The standard InChI is InChI=1S/C21H33N3O3/c1-20(2,3)27-19(26)23-10-9-22-18-17-12-14-6-7-15(25)13-16(14)21(18,4)8-11-24(17)5/h6-7,13,17-18,22,25H,8-12H2,1-5H3,(H,23,26)/t17-,18-,21+/m1/s1. The molecular weight excluding hydrogens is 342 g/mol. The highest BCUT2D eigenvalue weighted by Gasteiger charge is 2.49. The number of hydrogen-bond donors (Lipinski definition) is 3. The van der Waals surface area contributed by atoms with Crippen LogP contribution in [0.15, 0.2) is 18.2 Å². The maximum absolute atomic E-state index is 11.8. The lowest BCUT2D eigenvalue weighted by Crippen LogP contribution is -2.66. The summed E-state index contributed by atoms with van der Waals surface area (Å²) >= 11 is 0. The number of benzene rings is 1. The number of carbonyl (C=O) groups excluding carboxylic acids is 1. The second-order valence-electron chi connectivity index (χ2n) is 9.12. The predicted octanol–water partition coefficient (Wildman–Crippen LogP) is 2.39. The third-order valence-corrected chi connectivity index (χ3v) is 5.92. The molecule has 1 aliphatic carbocycles. The lowest BCUT2D eigenvalue weighted by molar-refractivity contribution is 0.0515. The maximum Gasteiger partial charge on any atom is 0.407 e. The van der Waals surface area contributed by atoms with Gasteiger partial charge in [-0.1, -0.05) is 13.0 Å². The van der Waals surface area contributed by atoms with Gasteiger partial charge in [0.05, 0.1) is 0 Å². The SMILES string of the molecule is CN1CC[C@@]2(C)c3cc(O)ccc3C[C@@H]1[C@H]2NCCNC(=O)OC(C)(C)C. The molecule has 1 aromatic rings. The summed E-state index contributed by atoms with van der Waals surface area (Å²) in [5.74, 6) is 0.331. The number of aromatic hydroxyl groups is 1. The number of carbonyl (C=O) groups is 1. The van der Waals surface area contributed by atoms with E-state index in [1.54, 1.807) is 6.07 Å². The summed E-state index contributed by atoms with van der Waals surface area (Å²) in [5.41, 5.74) is 2.07. The van der Waals surface area contributed by atoms with Gasteiger partial charge < -0.3 is 25.4 Å². The summed E-state index contributed by atoms with van der Waals surface area (Å²) in [5, 5.41) is 16.5. The van der Waals surface area contributed by atoms with Crippen molar-refractivity contribution in [3.8, 4) is 5.75 Å². The first kappa shape index (κ1) is 20.0. The smallest absolute Gasteiger partial charge is 0.407 e. The summed E-state index contributed by atoms with van der Waals surface area (Å²) in [6, 6.07) is 6.46. The van der Waals surface area contributed by atoms with Crippen LogP contribution >= 0.6 is 0 Å². The molecule has 2 aliphatic rings. The minimum atomic E-state index is -0.486. The number of phenols is 1. The molecule has 27 heavy (non-hydrogen) atoms.